The minimum atomic E-state index is -0.170. The van der Waals surface area contributed by atoms with Gasteiger partial charge in [0.2, 0.25) is 5.91 Å². The molecular weight excluding hydrogens is 354 g/mol. The molecule has 3 N–H and O–H groups in total. The lowest BCUT2D eigenvalue weighted by molar-refractivity contribution is -0.114. The van der Waals surface area contributed by atoms with E-state index in [4.69, 9.17) is 4.74 Å². The normalized spacial score (nSPS) is 11.4. The molecule has 0 fully saturated rings. The van der Waals surface area contributed by atoms with Gasteiger partial charge in [0.1, 0.15) is 5.75 Å². The Labute approximate surface area is 166 Å². The van der Waals surface area contributed by atoms with Crippen LogP contribution in [0.5, 0.6) is 5.75 Å². The molecule has 0 aliphatic rings. The standard InChI is InChI=1S/C22H29N3O3/c1-4-13-28-20-8-6-7-19(14-20)23-15-21(26)25-18-11-9-17(10-12-18)22(27)24-16(3)5-2/h6-12,14,16,23H,4-5,13,15H2,1-3H3,(H,24,27)(H,25,26). The fraction of sp³-hybridized carbons (Fsp3) is 0.364. The Kier molecular flexibility index (Phi) is 8.34. The molecule has 0 saturated heterocycles. The third-order valence-corrected chi connectivity index (χ3v) is 4.18. The average Bonchev–Trinajstić information content (AvgIpc) is 2.71. The van der Waals surface area contributed by atoms with Crippen molar-refractivity contribution < 1.29 is 14.3 Å². The van der Waals surface area contributed by atoms with E-state index in [1.165, 1.54) is 0 Å². The first-order valence-electron chi connectivity index (χ1n) is 9.69. The highest BCUT2D eigenvalue weighted by Gasteiger charge is 2.09. The second kappa shape index (κ2) is 11.0. The molecule has 6 nitrogen and oxygen atoms in total. The number of hydrogen-bond acceptors (Lipinski definition) is 4. The Hall–Kier alpha value is -3.02. The Morgan fingerprint density at radius 1 is 1.04 bits per heavy atom. The zero-order valence-corrected chi connectivity index (χ0v) is 16.7. The summed E-state index contributed by atoms with van der Waals surface area (Å²) >= 11 is 0. The van der Waals surface area contributed by atoms with Gasteiger partial charge in [0.05, 0.1) is 13.2 Å². The van der Waals surface area contributed by atoms with Crippen LogP contribution in [0.3, 0.4) is 0 Å². The number of hydrogen-bond donors (Lipinski definition) is 3. The van der Waals surface area contributed by atoms with Gasteiger partial charge in [-0.1, -0.05) is 19.9 Å². The van der Waals surface area contributed by atoms with Crippen LogP contribution < -0.4 is 20.7 Å². The van der Waals surface area contributed by atoms with Crippen LogP contribution in [0.1, 0.15) is 44.0 Å². The fourth-order valence-corrected chi connectivity index (χ4v) is 2.42. The zero-order valence-electron chi connectivity index (χ0n) is 16.7. The van der Waals surface area contributed by atoms with Crippen LogP contribution in [0.4, 0.5) is 11.4 Å². The molecule has 28 heavy (non-hydrogen) atoms. The largest absolute Gasteiger partial charge is 0.494 e. The number of ether oxygens (including phenoxy) is 1. The van der Waals surface area contributed by atoms with Gasteiger partial charge in [0.15, 0.2) is 0 Å². The molecular formula is C22H29N3O3. The maximum atomic E-state index is 12.2. The zero-order chi connectivity index (χ0) is 20.4. The first-order chi connectivity index (χ1) is 13.5. The molecule has 2 rings (SSSR count). The third-order valence-electron chi connectivity index (χ3n) is 4.18. The molecule has 0 spiro atoms. The third kappa shape index (κ3) is 6.95. The number of anilines is 2. The van der Waals surface area contributed by atoms with Crippen LogP contribution in [-0.2, 0) is 4.79 Å². The van der Waals surface area contributed by atoms with Crippen molar-refractivity contribution in [3.63, 3.8) is 0 Å². The maximum absolute atomic E-state index is 12.2. The second-order valence-corrected chi connectivity index (χ2v) is 6.64. The first-order valence-corrected chi connectivity index (χ1v) is 9.69. The summed E-state index contributed by atoms with van der Waals surface area (Å²) in [6, 6.07) is 14.5. The van der Waals surface area contributed by atoms with Crippen molar-refractivity contribution in [1.29, 1.82) is 0 Å². The minimum Gasteiger partial charge on any atom is -0.494 e. The minimum absolute atomic E-state index is 0.112. The molecule has 2 amide bonds. The van der Waals surface area contributed by atoms with Gasteiger partial charge in [-0.2, -0.15) is 0 Å². The number of carbonyl (C=O) groups excluding carboxylic acids is 2. The molecule has 1 unspecified atom stereocenters. The molecule has 150 valence electrons. The predicted molar refractivity (Wildman–Crippen MR) is 113 cm³/mol. The smallest absolute Gasteiger partial charge is 0.251 e. The molecule has 2 aromatic rings. The summed E-state index contributed by atoms with van der Waals surface area (Å²) in [4.78, 5) is 24.2. The van der Waals surface area contributed by atoms with E-state index in [9.17, 15) is 9.59 Å². The van der Waals surface area contributed by atoms with E-state index >= 15 is 0 Å². The summed E-state index contributed by atoms with van der Waals surface area (Å²) in [5, 5.41) is 8.81. The lowest BCUT2D eigenvalue weighted by Gasteiger charge is -2.12. The van der Waals surface area contributed by atoms with Crippen LogP contribution in [-0.4, -0.2) is 31.0 Å². The fourth-order valence-electron chi connectivity index (χ4n) is 2.42. The Morgan fingerprint density at radius 3 is 2.46 bits per heavy atom. The average molecular weight is 383 g/mol. The summed E-state index contributed by atoms with van der Waals surface area (Å²) in [6.45, 7) is 6.83. The number of benzene rings is 2. The monoisotopic (exact) mass is 383 g/mol. The van der Waals surface area contributed by atoms with Gasteiger partial charge in [0.25, 0.3) is 5.91 Å². The van der Waals surface area contributed by atoms with Crippen molar-refractivity contribution in [2.75, 3.05) is 23.8 Å². The van der Waals surface area contributed by atoms with Crippen molar-refractivity contribution in [3.05, 3.63) is 54.1 Å². The highest BCUT2D eigenvalue weighted by atomic mass is 16.5. The van der Waals surface area contributed by atoms with Crippen molar-refractivity contribution in [1.82, 2.24) is 5.32 Å². The number of carbonyl (C=O) groups is 2. The lowest BCUT2D eigenvalue weighted by atomic mass is 10.1. The molecule has 0 aliphatic heterocycles. The highest BCUT2D eigenvalue weighted by molar-refractivity contribution is 5.96. The van der Waals surface area contributed by atoms with E-state index in [1.54, 1.807) is 24.3 Å². The van der Waals surface area contributed by atoms with Gasteiger partial charge in [-0.25, -0.2) is 0 Å². The van der Waals surface area contributed by atoms with Gasteiger partial charge in [-0.15, -0.1) is 0 Å². The molecule has 2 aromatic carbocycles. The van der Waals surface area contributed by atoms with Gasteiger partial charge < -0.3 is 20.7 Å². The summed E-state index contributed by atoms with van der Waals surface area (Å²) in [6.07, 6.45) is 1.82. The van der Waals surface area contributed by atoms with Crippen molar-refractivity contribution in [2.24, 2.45) is 0 Å². The molecule has 0 radical (unpaired) electrons. The first kappa shape index (κ1) is 21.3. The molecule has 0 aromatic heterocycles. The predicted octanol–water partition coefficient (Wildman–Crippen LogP) is 4.05. The van der Waals surface area contributed by atoms with Crippen molar-refractivity contribution in [3.8, 4) is 5.75 Å². The maximum Gasteiger partial charge on any atom is 0.251 e. The molecule has 0 saturated carbocycles. The summed E-state index contributed by atoms with van der Waals surface area (Å²) in [5.41, 5.74) is 2.04. The van der Waals surface area contributed by atoms with Gasteiger partial charge in [-0.05, 0) is 56.2 Å². The van der Waals surface area contributed by atoms with Crippen LogP contribution >= 0.6 is 0 Å². The van der Waals surface area contributed by atoms with Crippen LogP contribution in [0, 0.1) is 0 Å². The van der Waals surface area contributed by atoms with Crippen molar-refractivity contribution in [2.45, 2.75) is 39.7 Å². The van der Waals surface area contributed by atoms with E-state index in [-0.39, 0.29) is 24.4 Å². The highest BCUT2D eigenvalue weighted by Crippen LogP contribution is 2.17. The number of amides is 2. The van der Waals surface area contributed by atoms with Gasteiger partial charge in [0, 0.05) is 29.0 Å². The molecule has 6 heteroatoms. The quantitative estimate of drug-likeness (QED) is 0.578. The Bertz CT molecular complexity index is 775. The van der Waals surface area contributed by atoms with E-state index in [0.717, 1.165) is 24.3 Å². The topological polar surface area (TPSA) is 79.5 Å². The molecule has 1 atom stereocenters. The van der Waals surface area contributed by atoms with E-state index < -0.39 is 0 Å². The summed E-state index contributed by atoms with van der Waals surface area (Å²) < 4.78 is 5.59. The van der Waals surface area contributed by atoms with Crippen LogP contribution in [0.15, 0.2) is 48.5 Å². The Morgan fingerprint density at radius 2 is 1.79 bits per heavy atom. The summed E-state index contributed by atoms with van der Waals surface area (Å²) in [5.74, 6) is 0.495. The van der Waals surface area contributed by atoms with Crippen LogP contribution in [0.2, 0.25) is 0 Å². The molecule has 0 heterocycles. The number of nitrogens with one attached hydrogen (secondary N) is 3. The van der Waals surface area contributed by atoms with E-state index in [0.29, 0.717) is 17.9 Å². The van der Waals surface area contributed by atoms with E-state index in [2.05, 4.69) is 22.9 Å². The van der Waals surface area contributed by atoms with Crippen molar-refractivity contribution >= 4 is 23.2 Å². The Balaban J connectivity index is 1.84. The molecule has 0 aliphatic carbocycles. The number of rotatable bonds is 10. The molecule has 0 bridgehead atoms. The second-order valence-electron chi connectivity index (χ2n) is 6.64. The lowest BCUT2D eigenvalue weighted by Crippen LogP contribution is -2.31. The van der Waals surface area contributed by atoms with Gasteiger partial charge in [-0.3, -0.25) is 9.59 Å². The van der Waals surface area contributed by atoms with Crippen LogP contribution in [0.25, 0.3) is 0 Å². The van der Waals surface area contributed by atoms with E-state index in [1.807, 2.05) is 38.1 Å². The summed E-state index contributed by atoms with van der Waals surface area (Å²) in [7, 11) is 0. The van der Waals surface area contributed by atoms with Gasteiger partial charge >= 0.3 is 0 Å². The SMILES string of the molecule is CCCOc1cccc(NCC(=O)Nc2ccc(C(=O)NC(C)CC)cc2)c1.